The average Bonchev–Trinajstić information content (AvgIpc) is 2.86. The van der Waals surface area contributed by atoms with Crippen LogP contribution < -0.4 is 0 Å². The normalized spacial score (nSPS) is 39.2. The highest BCUT2D eigenvalue weighted by Gasteiger charge is 2.60. The topological polar surface area (TPSA) is 66.8 Å². The highest BCUT2D eigenvalue weighted by Crippen LogP contribution is 2.63. The number of ether oxygens (including phenoxy) is 1. The molecular weight excluding hydrogens is 316 g/mol. The molecule has 136 valence electrons. The van der Waals surface area contributed by atoms with Gasteiger partial charge in [0.1, 0.15) is 5.75 Å². The molecule has 3 aliphatic rings. The standard InChI is InChI=1S/C21H28O4/c1-3-25-20(24)17-11-18(23)21(2)9-8-15-14-7-5-13(22)10-12(14)4-6-16(15)19(17)21/h5,7,10,15-19,22-23H,3-4,6,8-9,11H2,1-2H3/t15?,16?,17-,18?,19?,21?/m0/s1. The van der Waals surface area contributed by atoms with Crippen molar-refractivity contribution in [1.29, 1.82) is 0 Å². The second-order valence-corrected chi connectivity index (χ2v) is 8.37. The Balaban J connectivity index is 1.71. The van der Waals surface area contributed by atoms with Crippen LogP contribution >= 0.6 is 0 Å². The van der Waals surface area contributed by atoms with E-state index in [9.17, 15) is 15.0 Å². The highest BCUT2D eigenvalue weighted by atomic mass is 16.5. The van der Waals surface area contributed by atoms with Crippen molar-refractivity contribution in [3.8, 4) is 5.75 Å². The van der Waals surface area contributed by atoms with E-state index in [1.165, 1.54) is 11.1 Å². The molecule has 25 heavy (non-hydrogen) atoms. The summed E-state index contributed by atoms with van der Waals surface area (Å²) in [5.41, 5.74) is 2.39. The van der Waals surface area contributed by atoms with Gasteiger partial charge < -0.3 is 14.9 Å². The van der Waals surface area contributed by atoms with Crippen molar-refractivity contribution in [3.05, 3.63) is 29.3 Å². The fourth-order valence-electron chi connectivity index (χ4n) is 6.14. The summed E-state index contributed by atoms with van der Waals surface area (Å²) in [7, 11) is 0. The Bertz CT molecular complexity index is 684. The van der Waals surface area contributed by atoms with Crippen molar-refractivity contribution in [2.45, 2.75) is 58.0 Å². The number of fused-ring (bicyclic) bond motifs is 5. The van der Waals surface area contributed by atoms with Gasteiger partial charge in [0.15, 0.2) is 0 Å². The molecule has 1 aromatic carbocycles. The number of aromatic hydroxyl groups is 1. The van der Waals surface area contributed by atoms with Gasteiger partial charge in [0.2, 0.25) is 0 Å². The molecule has 0 heterocycles. The molecule has 4 rings (SSSR count). The summed E-state index contributed by atoms with van der Waals surface area (Å²) in [4.78, 5) is 12.6. The lowest BCUT2D eigenvalue weighted by Gasteiger charge is -2.51. The summed E-state index contributed by atoms with van der Waals surface area (Å²) < 4.78 is 5.35. The van der Waals surface area contributed by atoms with Gasteiger partial charge in [-0.05, 0) is 85.5 Å². The van der Waals surface area contributed by atoms with Crippen LogP contribution in [0.3, 0.4) is 0 Å². The number of esters is 1. The molecule has 6 atom stereocenters. The van der Waals surface area contributed by atoms with E-state index in [0.29, 0.717) is 30.6 Å². The fraction of sp³-hybridized carbons (Fsp3) is 0.667. The summed E-state index contributed by atoms with van der Waals surface area (Å²) in [6, 6.07) is 5.74. The first kappa shape index (κ1) is 16.9. The van der Waals surface area contributed by atoms with Crippen LogP contribution in [-0.4, -0.2) is 28.9 Å². The third-order valence-electron chi connectivity index (χ3n) is 7.27. The maximum atomic E-state index is 12.6. The quantitative estimate of drug-likeness (QED) is 0.807. The van der Waals surface area contributed by atoms with Gasteiger partial charge in [-0.25, -0.2) is 0 Å². The lowest BCUT2D eigenvalue weighted by atomic mass is 9.54. The molecule has 0 bridgehead atoms. The second-order valence-electron chi connectivity index (χ2n) is 8.37. The van der Waals surface area contributed by atoms with Crippen LogP contribution in [-0.2, 0) is 16.0 Å². The number of rotatable bonds is 2. The zero-order chi connectivity index (χ0) is 17.8. The number of aliphatic hydroxyl groups excluding tert-OH is 1. The SMILES string of the molecule is CCOC(=O)[C@H]1CC(O)C2(C)CCC3c4ccc(O)cc4CCC3C12. The molecule has 0 saturated heterocycles. The summed E-state index contributed by atoms with van der Waals surface area (Å²) >= 11 is 0. The van der Waals surface area contributed by atoms with Crippen LogP contribution in [0.5, 0.6) is 5.75 Å². The van der Waals surface area contributed by atoms with Gasteiger partial charge in [0.25, 0.3) is 0 Å². The number of aryl methyl sites for hydroxylation is 1. The Morgan fingerprint density at radius 1 is 1.36 bits per heavy atom. The summed E-state index contributed by atoms with van der Waals surface area (Å²) in [5.74, 6) is 1.02. The monoisotopic (exact) mass is 344 g/mol. The van der Waals surface area contributed by atoms with E-state index in [4.69, 9.17) is 4.74 Å². The first-order valence-electron chi connectivity index (χ1n) is 9.62. The molecule has 4 nitrogen and oxygen atoms in total. The number of hydrogen-bond donors (Lipinski definition) is 2. The molecule has 0 radical (unpaired) electrons. The number of phenols is 1. The minimum atomic E-state index is -0.422. The first-order chi connectivity index (χ1) is 12.0. The molecule has 2 fully saturated rings. The lowest BCUT2D eigenvalue weighted by Crippen LogP contribution is -2.46. The molecule has 0 aliphatic heterocycles. The number of hydrogen-bond acceptors (Lipinski definition) is 4. The molecule has 1 aromatic rings. The van der Waals surface area contributed by atoms with Crippen LogP contribution in [0.2, 0.25) is 0 Å². The average molecular weight is 344 g/mol. The van der Waals surface area contributed by atoms with Gasteiger partial charge in [-0.15, -0.1) is 0 Å². The molecule has 4 heteroatoms. The number of aliphatic hydroxyl groups is 1. The predicted molar refractivity (Wildman–Crippen MR) is 94.2 cm³/mol. The minimum absolute atomic E-state index is 0.132. The lowest BCUT2D eigenvalue weighted by molar-refractivity contribution is -0.152. The van der Waals surface area contributed by atoms with Gasteiger partial charge in [-0.1, -0.05) is 13.0 Å². The van der Waals surface area contributed by atoms with Gasteiger partial charge in [0.05, 0.1) is 18.6 Å². The molecule has 0 spiro atoms. The van der Waals surface area contributed by atoms with Crippen LogP contribution in [0.4, 0.5) is 0 Å². The van der Waals surface area contributed by atoms with Crippen LogP contribution in [0.25, 0.3) is 0 Å². The Labute approximate surface area is 149 Å². The molecule has 5 unspecified atom stereocenters. The number of benzene rings is 1. The smallest absolute Gasteiger partial charge is 0.309 e. The van der Waals surface area contributed by atoms with Gasteiger partial charge in [-0.2, -0.15) is 0 Å². The largest absolute Gasteiger partial charge is 0.508 e. The number of carbonyl (C=O) groups is 1. The van der Waals surface area contributed by atoms with E-state index in [1.54, 1.807) is 6.07 Å². The van der Waals surface area contributed by atoms with Crippen molar-refractivity contribution in [2.24, 2.45) is 23.2 Å². The van der Waals surface area contributed by atoms with Crippen LogP contribution in [0.15, 0.2) is 18.2 Å². The van der Waals surface area contributed by atoms with E-state index in [-0.39, 0.29) is 23.2 Å². The van der Waals surface area contributed by atoms with Crippen molar-refractivity contribution in [1.82, 2.24) is 0 Å². The van der Waals surface area contributed by atoms with E-state index in [0.717, 1.165) is 25.7 Å². The molecule has 3 aliphatic carbocycles. The van der Waals surface area contributed by atoms with Crippen LogP contribution in [0, 0.1) is 23.2 Å². The molecule has 2 N–H and O–H groups in total. The minimum Gasteiger partial charge on any atom is -0.508 e. The zero-order valence-corrected chi connectivity index (χ0v) is 15.1. The zero-order valence-electron chi connectivity index (χ0n) is 15.1. The van der Waals surface area contributed by atoms with Crippen molar-refractivity contribution >= 4 is 5.97 Å². The van der Waals surface area contributed by atoms with Crippen LogP contribution in [0.1, 0.15) is 56.6 Å². The van der Waals surface area contributed by atoms with Crippen molar-refractivity contribution in [3.63, 3.8) is 0 Å². The maximum absolute atomic E-state index is 12.6. The molecule has 2 saturated carbocycles. The van der Waals surface area contributed by atoms with Crippen molar-refractivity contribution < 1.29 is 19.7 Å². The fourth-order valence-corrected chi connectivity index (χ4v) is 6.14. The Kier molecular flexibility index (Phi) is 4.06. The van der Waals surface area contributed by atoms with Gasteiger partial charge >= 0.3 is 5.97 Å². The first-order valence-corrected chi connectivity index (χ1v) is 9.62. The van der Waals surface area contributed by atoms with E-state index in [1.807, 2.05) is 13.0 Å². The highest BCUT2D eigenvalue weighted by molar-refractivity contribution is 5.73. The van der Waals surface area contributed by atoms with Crippen molar-refractivity contribution in [2.75, 3.05) is 6.61 Å². The molecular formula is C21H28O4. The summed E-state index contributed by atoms with van der Waals surface area (Å²) in [5, 5.41) is 20.5. The molecule has 0 amide bonds. The summed E-state index contributed by atoms with van der Waals surface area (Å²) in [6.07, 6.45) is 4.05. The Morgan fingerprint density at radius 2 is 2.16 bits per heavy atom. The number of carbonyl (C=O) groups excluding carboxylic acids is 1. The Hall–Kier alpha value is -1.55. The maximum Gasteiger partial charge on any atom is 0.309 e. The predicted octanol–water partition coefficient (Wildman–Crippen LogP) is 3.40. The molecule has 0 aromatic heterocycles. The Morgan fingerprint density at radius 3 is 2.92 bits per heavy atom. The third-order valence-corrected chi connectivity index (χ3v) is 7.27. The van der Waals surface area contributed by atoms with E-state index < -0.39 is 6.10 Å². The second kappa shape index (κ2) is 6.01. The van der Waals surface area contributed by atoms with E-state index >= 15 is 0 Å². The van der Waals surface area contributed by atoms with E-state index in [2.05, 4.69) is 13.0 Å². The van der Waals surface area contributed by atoms with Gasteiger partial charge in [-0.3, -0.25) is 4.79 Å². The summed E-state index contributed by atoms with van der Waals surface area (Å²) in [6.45, 7) is 4.41. The third kappa shape index (κ3) is 2.49. The van der Waals surface area contributed by atoms with Gasteiger partial charge in [0, 0.05) is 0 Å². The number of phenolic OH excluding ortho intramolecular Hbond substituents is 1.